The molecule has 1 N–H and O–H groups in total. The monoisotopic (exact) mass is 426 g/mol. The molecular weight excluding hydrogens is 392 g/mol. The van der Waals surface area contributed by atoms with Gasteiger partial charge in [0.2, 0.25) is 0 Å². The first-order valence-corrected chi connectivity index (χ1v) is 11.2. The Bertz CT molecular complexity index is 859. The van der Waals surface area contributed by atoms with E-state index in [2.05, 4.69) is 24.1 Å². The minimum absolute atomic E-state index is 0.168. The van der Waals surface area contributed by atoms with Gasteiger partial charge in [-0.2, -0.15) is 0 Å². The van der Waals surface area contributed by atoms with E-state index in [1.807, 2.05) is 50.2 Å². The number of nitrogens with one attached hydrogen (secondary N) is 1. The average Bonchev–Trinajstić information content (AvgIpc) is 2.76. The molecule has 1 saturated heterocycles. The number of rotatable bonds is 9. The molecule has 3 rings (SSSR count). The highest BCUT2D eigenvalue weighted by Gasteiger charge is 2.20. The molecule has 1 fully saturated rings. The van der Waals surface area contributed by atoms with E-state index in [4.69, 9.17) is 14.2 Å². The van der Waals surface area contributed by atoms with Gasteiger partial charge in [0, 0.05) is 30.8 Å². The van der Waals surface area contributed by atoms with Crippen molar-refractivity contribution >= 4 is 17.3 Å². The van der Waals surface area contributed by atoms with Crippen LogP contribution in [-0.2, 0) is 11.2 Å². The van der Waals surface area contributed by atoms with Crippen LogP contribution in [0.15, 0.2) is 36.4 Å². The molecule has 6 heteroatoms. The second-order valence-corrected chi connectivity index (χ2v) is 8.03. The molecule has 168 valence electrons. The van der Waals surface area contributed by atoms with Crippen LogP contribution in [-0.4, -0.2) is 45.4 Å². The lowest BCUT2D eigenvalue weighted by molar-refractivity contribution is 0.102. The molecule has 0 atom stereocenters. The topological polar surface area (TPSA) is 60.0 Å². The highest BCUT2D eigenvalue weighted by Crippen LogP contribution is 2.39. The predicted octanol–water partition coefficient (Wildman–Crippen LogP) is 4.77. The Labute approximate surface area is 185 Å². The first-order valence-electron chi connectivity index (χ1n) is 11.2. The fraction of sp³-hybridized carbons (Fsp3) is 0.480. The lowest BCUT2D eigenvalue weighted by Crippen LogP contribution is -2.36. The first-order chi connectivity index (χ1) is 15.0. The Kier molecular flexibility index (Phi) is 8.18. The molecule has 1 aliphatic rings. The lowest BCUT2D eigenvalue weighted by Gasteiger charge is -2.31. The third-order valence-corrected chi connectivity index (χ3v) is 5.12. The molecule has 0 unspecified atom stereocenters. The van der Waals surface area contributed by atoms with E-state index in [-0.39, 0.29) is 5.91 Å². The third kappa shape index (κ3) is 6.14. The van der Waals surface area contributed by atoms with E-state index in [1.165, 1.54) is 5.56 Å². The van der Waals surface area contributed by atoms with E-state index >= 15 is 0 Å². The van der Waals surface area contributed by atoms with Crippen LogP contribution in [0.4, 0.5) is 11.4 Å². The maximum absolute atomic E-state index is 12.9. The standard InChI is InChI=1S/C25H34N2O4/c1-5-30-23-17-22(27-11-13-29-14-12-27)24(31-6-2)16-21(23)26-25(28)20-9-7-19(8-10-20)15-18(3)4/h7-10,16-18H,5-6,11-15H2,1-4H3,(H,26,28). The van der Waals surface area contributed by atoms with Gasteiger partial charge in [-0.15, -0.1) is 0 Å². The Morgan fingerprint density at radius 1 is 1.03 bits per heavy atom. The molecule has 0 saturated carbocycles. The minimum atomic E-state index is -0.168. The van der Waals surface area contributed by atoms with E-state index in [9.17, 15) is 4.79 Å². The molecule has 31 heavy (non-hydrogen) atoms. The van der Waals surface area contributed by atoms with Crippen LogP contribution in [0.3, 0.4) is 0 Å². The largest absolute Gasteiger partial charge is 0.492 e. The van der Waals surface area contributed by atoms with Gasteiger partial charge in [0.15, 0.2) is 0 Å². The fourth-order valence-electron chi connectivity index (χ4n) is 3.70. The van der Waals surface area contributed by atoms with Crippen LogP contribution in [0.1, 0.15) is 43.6 Å². The third-order valence-electron chi connectivity index (χ3n) is 5.12. The summed E-state index contributed by atoms with van der Waals surface area (Å²) in [4.78, 5) is 15.2. The Balaban J connectivity index is 1.86. The van der Waals surface area contributed by atoms with Crippen LogP contribution < -0.4 is 19.7 Å². The number of hydrogen-bond acceptors (Lipinski definition) is 5. The Morgan fingerprint density at radius 3 is 2.29 bits per heavy atom. The van der Waals surface area contributed by atoms with Crippen molar-refractivity contribution in [3.05, 3.63) is 47.5 Å². The molecule has 6 nitrogen and oxygen atoms in total. The summed E-state index contributed by atoms with van der Waals surface area (Å²) in [5, 5.41) is 3.01. The second kappa shape index (κ2) is 11.0. The summed E-state index contributed by atoms with van der Waals surface area (Å²) in [6.45, 7) is 12.3. The van der Waals surface area contributed by atoms with Gasteiger partial charge in [-0.1, -0.05) is 26.0 Å². The van der Waals surface area contributed by atoms with Gasteiger partial charge in [-0.3, -0.25) is 4.79 Å². The number of morpholine rings is 1. The quantitative estimate of drug-likeness (QED) is 0.626. The van der Waals surface area contributed by atoms with Crippen LogP contribution in [0.25, 0.3) is 0 Å². The van der Waals surface area contributed by atoms with Crippen molar-refractivity contribution in [1.82, 2.24) is 0 Å². The maximum Gasteiger partial charge on any atom is 0.255 e. The van der Waals surface area contributed by atoms with Gasteiger partial charge >= 0.3 is 0 Å². The van der Waals surface area contributed by atoms with Crippen molar-refractivity contribution in [2.45, 2.75) is 34.1 Å². The molecule has 1 heterocycles. The predicted molar refractivity (Wildman–Crippen MR) is 125 cm³/mol. The van der Waals surface area contributed by atoms with Gasteiger partial charge in [-0.05, 0) is 43.9 Å². The summed E-state index contributed by atoms with van der Waals surface area (Å²) < 4.78 is 17.3. The number of carbonyl (C=O) groups is 1. The number of hydrogen-bond donors (Lipinski definition) is 1. The zero-order chi connectivity index (χ0) is 22.2. The van der Waals surface area contributed by atoms with Crippen LogP contribution in [0.5, 0.6) is 11.5 Å². The molecule has 1 amide bonds. The number of anilines is 2. The van der Waals surface area contributed by atoms with Crippen molar-refractivity contribution < 1.29 is 19.0 Å². The van der Waals surface area contributed by atoms with E-state index in [0.717, 1.165) is 30.9 Å². The molecule has 0 aliphatic carbocycles. The minimum Gasteiger partial charge on any atom is -0.492 e. The summed E-state index contributed by atoms with van der Waals surface area (Å²) >= 11 is 0. The number of ether oxygens (including phenoxy) is 3. The smallest absolute Gasteiger partial charge is 0.255 e. The van der Waals surface area contributed by atoms with Crippen LogP contribution in [0.2, 0.25) is 0 Å². The first kappa shape index (κ1) is 22.9. The van der Waals surface area contributed by atoms with Gasteiger partial charge in [0.25, 0.3) is 5.91 Å². The summed E-state index contributed by atoms with van der Waals surface area (Å²) in [6.07, 6.45) is 0.997. The van der Waals surface area contributed by atoms with Crippen LogP contribution in [0, 0.1) is 5.92 Å². The highest BCUT2D eigenvalue weighted by molar-refractivity contribution is 6.05. The average molecular weight is 427 g/mol. The van der Waals surface area contributed by atoms with Crippen LogP contribution >= 0.6 is 0 Å². The van der Waals surface area contributed by atoms with E-state index in [1.54, 1.807) is 0 Å². The van der Waals surface area contributed by atoms with Crippen molar-refractivity contribution in [2.24, 2.45) is 5.92 Å². The number of amides is 1. The highest BCUT2D eigenvalue weighted by atomic mass is 16.5. The summed E-state index contributed by atoms with van der Waals surface area (Å²) in [5.74, 6) is 1.78. The fourth-order valence-corrected chi connectivity index (χ4v) is 3.70. The van der Waals surface area contributed by atoms with E-state index < -0.39 is 0 Å². The summed E-state index contributed by atoms with van der Waals surface area (Å²) in [6, 6.07) is 11.6. The van der Waals surface area contributed by atoms with Gasteiger partial charge < -0.3 is 24.4 Å². The molecule has 0 spiro atoms. The molecular formula is C25H34N2O4. The van der Waals surface area contributed by atoms with Crippen molar-refractivity contribution in [3.63, 3.8) is 0 Å². The summed E-state index contributed by atoms with van der Waals surface area (Å²) in [5.41, 5.74) is 3.42. The zero-order valence-electron chi connectivity index (χ0n) is 19.1. The van der Waals surface area contributed by atoms with Gasteiger partial charge in [0.1, 0.15) is 11.5 Å². The molecule has 2 aromatic rings. The molecule has 1 aliphatic heterocycles. The Hall–Kier alpha value is -2.73. The van der Waals surface area contributed by atoms with Crippen molar-refractivity contribution in [2.75, 3.05) is 49.7 Å². The number of nitrogens with zero attached hydrogens (tertiary/aromatic N) is 1. The molecule has 2 aromatic carbocycles. The number of carbonyl (C=O) groups excluding carboxylic acids is 1. The zero-order valence-corrected chi connectivity index (χ0v) is 19.1. The van der Waals surface area contributed by atoms with E-state index in [0.29, 0.717) is 49.3 Å². The molecule has 0 radical (unpaired) electrons. The van der Waals surface area contributed by atoms with Gasteiger partial charge in [-0.25, -0.2) is 0 Å². The second-order valence-electron chi connectivity index (χ2n) is 8.03. The van der Waals surface area contributed by atoms with Gasteiger partial charge in [0.05, 0.1) is 37.8 Å². The SMILES string of the molecule is CCOc1cc(N2CCOCC2)c(OCC)cc1NC(=O)c1ccc(CC(C)C)cc1. The maximum atomic E-state index is 12.9. The lowest BCUT2D eigenvalue weighted by atomic mass is 10.0. The number of benzene rings is 2. The summed E-state index contributed by atoms with van der Waals surface area (Å²) in [7, 11) is 0. The van der Waals surface area contributed by atoms with Crippen molar-refractivity contribution in [3.8, 4) is 11.5 Å². The molecule has 0 aromatic heterocycles. The Morgan fingerprint density at radius 2 is 1.68 bits per heavy atom. The normalized spacial score (nSPS) is 13.9. The van der Waals surface area contributed by atoms with Crippen molar-refractivity contribution in [1.29, 1.82) is 0 Å². The molecule has 0 bridgehead atoms.